The number of aromatic nitrogens is 2. The van der Waals surface area contributed by atoms with E-state index in [4.69, 9.17) is 4.74 Å². The Morgan fingerprint density at radius 2 is 2.53 bits per heavy atom. The van der Waals surface area contributed by atoms with Gasteiger partial charge in [0.15, 0.2) is 0 Å². The van der Waals surface area contributed by atoms with E-state index in [0.717, 1.165) is 12.8 Å². The van der Waals surface area contributed by atoms with Crippen molar-refractivity contribution in [3.05, 3.63) is 12.4 Å². The molecule has 0 unspecified atom stereocenters. The number of amides is 2. The van der Waals surface area contributed by atoms with Gasteiger partial charge in [-0.25, -0.2) is 4.79 Å². The van der Waals surface area contributed by atoms with Gasteiger partial charge in [0.2, 0.25) is 0 Å². The zero-order chi connectivity index (χ0) is 13.7. The fraction of sp³-hybridized carbons (Fsp3) is 0.667. The number of nitrogens with zero attached hydrogens (tertiary/aromatic N) is 3. The van der Waals surface area contributed by atoms with Crippen molar-refractivity contribution in [2.24, 2.45) is 0 Å². The average molecular weight is 268 g/mol. The van der Waals surface area contributed by atoms with Crippen LogP contribution in [0.2, 0.25) is 0 Å². The monoisotopic (exact) mass is 268 g/mol. The second kappa shape index (κ2) is 6.53. The van der Waals surface area contributed by atoms with Crippen LogP contribution in [0.3, 0.4) is 0 Å². The van der Waals surface area contributed by atoms with Crippen molar-refractivity contribution >= 4 is 11.7 Å². The molecule has 2 heterocycles. The summed E-state index contributed by atoms with van der Waals surface area (Å²) >= 11 is 0. The third kappa shape index (κ3) is 3.93. The summed E-state index contributed by atoms with van der Waals surface area (Å²) in [7, 11) is 1.63. The lowest BCUT2D eigenvalue weighted by Gasteiger charge is -2.29. The van der Waals surface area contributed by atoms with Gasteiger partial charge in [-0.2, -0.15) is 5.10 Å². The van der Waals surface area contributed by atoms with E-state index in [-0.39, 0.29) is 6.03 Å². The van der Waals surface area contributed by atoms with Gasteiger partial charge in [-0.15, -0.1) is 0 Å². The average Bonchev–Trinajstić information content (AvgIpc) is 2.84. The number of carbonyl (C=O) groups excluding carboxylic acids is 1. The van der Waals surface area contributed by atoms with Gasteiger partial charge in [0.1, 0.15) is 0 Å². The molecule has 1 aliphatic heterocycles. The molecule has 2 N–H and O–H groups in total. The number of hydrogen-bond donors (Lipinski definition) is 2. The molecule has 1 fully saturated rings. The van der Waals surface area contributed by atoms with Gasteiger partial charge in [0.05, 0.1) is 31.1 Å². The molecule has 106 valence electrons. The molecule has 1 aliphatic rings. The second-order valence-electron chi connectivity index (χ2n) is 4.66. The molecular formula is C12H20N4O3. The van der Waals surface area contributed by atoms with Crippen LogP contribution in [-0.2, 0) is 11.3 Å². The molecule has 1 aromatic rings. The van der Waals surface area contributed by atoms with Gasteiger partial charge in [-0.1, -0.05) is 0 Å². The Hall–Kier alpha value is -1.60. The highest BCUT2D eigenvalue weighted by Crippen LogP contribution is 2.12. The predicted octanol–water partition coefficient (Wildman–Crippen LogP) is 0.518. The smallest absolute Gasteiger partial charge is 0.322 e. The third-order valence-electron chi connectivity index (χ3n) is 3.09. The highest BCUT2D eigenvalue weighted by molar-refractivity contribution is 5.89. The number of carbonyl (C=O) groups is 1. The van der Waals surface area contributed by atoms with Crippen molar-refractivity contribution in [1.29, 1.82) is 0 Å². The number of anilines is 1. The molecule has 0 radical (unpaired) electrons. The lowest BCUT2D eigenvalue weighted by Crippen LogP contribution is -2.44. The number of aliphatic hydroxyl groups excluding tert-OH is 1. The Kier molecular flexibility index (Phi) is 4.75. The molecule has 0 aliphatic carbocycles. The lowest BCUT2D eigenvalue weighted by molar-refractivity contribution is 0.0883. The summed E-state index contributed by atoms with van der Waals surface area (Å²) in [5, 5.41) is 16.4. The van der Waals surface area contributed by atoms with Gasteiger partial charge in [-0.05, 0) is 12.8 Å². The molecule has 2 rings (SSSR count). The van der Waals surface area contributed by atoms with Crippen LogP contribution in [-0.4, -0.2) is 58.7 Å². The Morgan fingerprint density at radius 1 is 1.68 bits per heavy atom. The Labute approximate surface area is 112 Å². The number of hydrogen-bond acceptors (Lipinski definition) is 4. The minimum Gasteiger partial charge on any atom is -0.391 e. The zero-order valence-electron chi connectivity index (χ0n) is 11.1. The van der Waals surface area contributed by atoms with E-state index in [9.17, 15) is 9.90 Å². The SMILES string of the molecule is COCCn1cc(NC(=O)N2CCC[C@H](O)C2)cn1. The van der Waals surface area contributed by atoms with Crippen molar-refractivity contribution in [2.75, 3.05) is 32.1 Å². The largest absolute Gasteiger partial charge is 0.391 e. The number of aliphatic hydroxyl groups is 1. The first-order valence-electron chi connectivity index (χ1n) is 6.44. The second-order valence-corrected chi connectivity index (χ2v) is 4.66. The van der Waals surface area contributed by atoms with Crippen LogP contribution < -0.4 is 5.32 Å². The number of ether oxygens (including phenoxy) is 1. The molecule has 0 spiro atoms. The fourth-order valence-electron chi connectivity index (χ4n) is 2.08. The molecule has 0 aromatic carbocycles. The van der Waals surface area contributed by atoms with E-state index in [1.165, 1.54) is 0 Å². The minimum absolute atomic E-state index is 0.190. The van der Waals surface area contributed by atoms with E-state index in [1.54, 1.807) is 29.1 Å². The third-order valence-corrected chi connectivity index (χ3v) is 3.09. The molecule has 1 aromatic heterocycles. The van der Waals surface area contributed by atoms with Crippen LogP contribution >= 0.6 is 0 Å². The topological polar surface area (TPSA) is 79.6 Å². The number of likely N-dealkylation sites (tertiary alicyclic amines) is 1. The normalized spacial score (nSPS) is 19.5. The van der Waals surface area contributed by atoms with Gasteiger partial charge in [-0.3, -0.25) is 4.68 Å². The molecule has 2 amide bonds. The molecular weight excluding hydrogens is 248 g/mol. The standard InChI is InChI=1S/C12H20N4O3/c1-19-6-5-16-8-10(7-13-16)14-12(18)15-4-2-3-11(17)9-15/h7-8,11,17H,2-6,9H2,1H3,(H,14,18)/t11-/m0/s1. The molecule has 7 heteroatoms. The first-order chi connectivity index (χ1) is 9.19. The van der Waals surface area contributed by atoms with E-state index >= 15 is 0 Å². The summed E-state index contributed by atoms with van der Waals surface area (Å²) < 4.78 is 6.67. The molecule has 1 saturated heterocycles. The Balaban J connectivity index is 1.86. The van der Waals surface area contributed by atoms with Crippen LogP contribution in [0.15, 0.2) is 12.4 Å². The quantitative estimate of drug-likeness (QED) is 0.834. The molecule has 1 atom stereocenters. The van der Waals surface area contributed by atoms with Crippen molar-refractivity contribution < 1.29 is 14.6 Å². The van der Waals surface area contributed by atoms with E-state index in [1.807, 2.05) is 0 Å². The summed E-state index contributed by atoms with van der Waals surface area (Å²) in [6, 6.07) is -0.190. The molecule has 7 nitrogen and oxygen atoms in total. The Bertz CT molecular complexity index is 421. The van der Waals surface area contributed by atoms with E-state index in [0.29, 0.717) is 31.9 Å². The van der Waals surface area contributed by atoms with Crippen molar-refractivity contribution in [3.63, 3.8) is 0 Å². The van der Waals surface area contributed by atoms with Crippen molar-refractivity contribution in [3.8, 4) is 0 Å². The first-order valence-corrected chi connectivity index (χ1v) is 6.44. The zero-order valence-corrected chi connectivity index (χ0v) is 11.1. The summed E-state index contributed by atoms with van der Waals surface area (Å²) in [6.45, 7) is 2.30. The number of nitrogens with one attached hydrogen (secondary N) is 1. The van der Waals surface area contributed by atoms with Crippen LogP contribution in [0, 0.1) is 0 Å². The molecule has 0 bridgehead atoms. The van der Waals surface area contributed by atoms with Crippen LogP contribution in [0.1, 0.15) is 12.8 Å². The predicted molar refractivity (Wildman–Crippen MR) is 69.9 cm³/mol. The lowest BCUT2D eigenvalue weighted by atomic mass is 10.1. The fourth-order valence-corrected chi connectivity index (χ4v) is 2.08. The first kappa shape index (κ1) is 13.8. The maximum atomic E-state index is 12.0. The van der Waals surface area contributed by atoms with Gasteiger partial charge >= 0.3 is 6.03 Å². The maximum absolute atomic E-state index is 12.0. The highest BCUT2D eigenvalue weighted by Gasteiger charge is 2.22. The van der Waals surface area contributed by atoms with Gasteiger partial charge in [0.25, 0.3) is 0 Å². The van der Waals surface area contributed by atoms with E-state index in [2.05, 4.69) is 10.4 Å². The molecule has 0 saturated carbocycles. The summed E-state index contributed by atoms with van der Waals surface area (Å²) in [4.78, 5) is 13.6. The highest BCUT2D eigenvalue weighted by atomic mass is 16.5. The number of piperidine rings is 1. The van der Waals surface area contributed by atoms with Crippen LogP contribution in [0.5, 0.6) is 0 Å². The van der Waals surface area contributed by atoms with Crippen molar-refractivity contribution in [2.45, 2.75) is 25.5 Å². The summed E-state index contributed by atoms with van der Waals surface area (Å²) in [5.41, 5.74) is 0.654. The van der Waals surface area contributed by atoms with E-state index < -0.39 is 6.10 Å². The van der Waals surface area contributed by atoms with Gasteiger partial charge in [0, 0.05) is 26.4 Å². The molecule has 19 heavy (non-hydrogen) atoms. The van der Waals surface area contributed by atoms with Crippen LogP contribution in [0.25, 0.3) is 0 Å². The van der Waals surface area contributed by atoms with Crippen molar-refractivity contribution in [1.82, 2.24) is 14.7 Å². The summed E-state index contributed by atoms with van der Waals surface area (Å²) in [6.07, 6.45) is 4.55. The van der Waals surface area contributed by atoms with Crippen LogP contribution in [0.4, 0.5) is 10.5 Å². The maximum Gasteiger partial charge on any atom is 0.322 e. The summed E-state index contributed by atoms with van der Waals surface area (Å²) in [5.74, 6) is 0. The number of β-amino-alcohol motifs (C(OH)–C–C–N with tert-alkyl or cyclic N) is 1. The number of urea groups is 1. The van der Waals surface area contributed by atoms with Gasteiger partial charge < -0.3 is 20.1 Å². The Morgan fingerprint density at radius 3 is 3.26 bits per heavy atom. The number of methoxy groups -OCH3 is 1. The number of rotatable bonds is 4. The minimum atomic E-state index is -0.413.